The lowest BCUT2D eigenvalue weighted by molar-refractivity contribution is -0.150. The lowest BCUT2D eigenvalue weighted by Gasteiger charge is -2.42. The number of carbonyl (C=O) groups is 2. The SMILES string of the molecule is COC(=O)C1=C(F)N(C)C(c2ccccc2)(c2ccccc2)C1C(=O)OC. The third kappa shape index (κ3) is 2.68. The fourth-order valence-corrected chi connectivity index (χ4v) is 3.85. The highest BCUT2D eigenvalue weighted by Crippen LogP contribution is 2.53. The summed E-state index contributed by atoms with van der Waals surface area (Å²) in [7, 11) is 3.89. The molecule has 0 radical (unpaired) electrons. The molecule has 1 heterocycles. The van der Waals surface area contributed by atoms with E-state index < -0.39 is 29.3 Å². The molecule has 1 atom stereocenters. The number of rotatable bonds is 4. The maximum Gasteiger partial charge on any atom is 0.339 e. The van der Waals surface area contributed by atoms with Crippen molar-refractivity contribution < 1.29 is 23.5 Å². The van der Waals surface area contributed by atoms with Gasteiger partial charge in [0.25, 0.3) is 0 Å². The lowest BCUT2D eigenvalue weighted by Crippen LogP contribution is -2.48. The van der Waals surface area contributed by atoms with E-state index in [1.807, 2.05) is 12.1 Å². The van der Waals surface area contributed by atoms with E-state index in [4.69, 9.17) is 9.47 Å². The van der Waals surface area contributed by atoms with Crippen LogP contribution in [0.15, 0.2) is 72.2 Å². The minimum atomic E-state index is -1.29. The second-order valence-electron chi connectivity index (χ2n) is 6.21. The highest BCUT2D eigenvalue weighted by atomic mass is 19.1. The Balaban J connectivity index is 2.38. The van der Waals surface area contributed by atoms with Crippen molar-refractivity contribution in [3.05, 3.63) is 83.3 Å². The molecule has 0 fully saturated rings. The van der Waals surface area contributed by atoms with Crippen LogP contribution in [-0.4, -0.2) is 38.1 Å². The van der Waals surface area contributed by atoms with Crippen molar-refractivity contribution in [2.45, 2.75) is 5.54 Å². The first-order chi connectivity index (χ1) is 13.0. The predicted molar refractivity (Wildman–Crippen MR) is 97.1 cm³/mol. The van der Waals surface area contributed by atoms with Gasteiger partial charge in [-0.15, -0.1) is 0 Å². The summed E-state index contributed by atoms with van der Waals surface area (Å²) in [5.74, 6) is -3.67. The third-order valence-electron chi connectivity index (χ3n) is 5.02. The van der Waals surface area contributed by atoms with Gasteiger partial charge in [-0.2, -0.15) is 4.39 Å². The second-order valence-corrected chi connectivity index (χ2v) is 6.21. The average molecular weight is 369 g/mol. The predicted octanol–water partition coefficient (Wildman–Crippen LogP) is 3.02. The fraction of sp³-hybridized carbons (Fsp3) is 0.238. The largest absolute Gasteiger partial charge is 0.468 e. The van der Waals surface area contributed by atoms with E-state index >= 15 is 4.39 Å². The zero-order valence-electron chi connectivity index (χ0n) is 15.3. The summed E-state index contributed by atoms with van der Waals surface area (Å²) in [6.07, 6.45) is 0. The van der Waals surface area contributed by atoms with Crippen LogP contribution in [0.3, 0.4) is 0 Å². The van der Waals surface area contributed by atoms with E-state index in [0.29, 0.717) is 11.1 Å². The lowest BCUT2D eigenvalue weighted by atomic mass is 9.71. The molecular formula is C21H20FNO4. The quantitative estimate of drug-likeness (QED) is 0.613. The number of nitrogens with zero attached hydrogens (tertiary/aromatic N) is 1. The summed E-state index contributed by atoms with van der Waals surface area (Å²) < 4.78 is 25.1. The molecule has 0 saturated heterocycles. The minimum Gasteiger partial charge on any atom is -0.468 e. The Morgan fingerprint density at radius 2 is 1.41 bits per heavy atom. The van der Waals surface area contributed by atoms with Gasteiger partial charge in [-0.1, -0.05) is 60.7 Å². The molecular weight excluding hydrogens is 349 g/mol. The standard InChI is InChI=1S/C21H20FNO4/c1-23-18(22)16(19(24)26-2)17(20(25)27-3)21(23,14-10-6-4-7-11-14)15-12-8-5-9-13-15/h4-13,17H,1-3H3. The zero-order chi connectivity index (χ0) is 19.6. The maximum absolute atomic E-state index is 15.3. The Bertz CT molecular complexity index is 840. The van der Waals surface area contributed by atoms with Gasteiger partial charge < -0.3 is 14.4 Å². The van der Waals surface area contributed by atoms with Crippen molar-refractivity contribution in [2.24, 2.45) is 5.92 Å². The minimum absolute atomic E-state index is 0.348. The van der Waals surface area contributed by atoms with Crippen molar-refractivity contribution in [3.63, 3.8) is 0 Å². The number of benzene rings is 2. The molecule has 2 aromatic rings. The van der Waals surface area contributed by atoms with Crippen LogP contribution < -0.4 is 0 Å². The molecule has 0 N–H and O–H groups in total. The summed E-state index contributed by atoms with van der Waals surface area (Å²) in [5.41, 5.74) is -0.325. The van der Waals surface area contributed by atoms with E-state index in [1.165, 1.54) is 19.1 Å². The molecule has 1 aliphatic heterocycles. The molecule has 0 saturated carbocycles. The van der Waals surface area contributed by atoms with Gasteiger partial charge >= 0.3 is 11.9 Å². The van der Waals surface area contributed by atoms with Gasteiger partial charge in [0.05, 0.1) is 14.2 Å². The summed E-state index contributed by atoms with van der Waals surface area (Å²) in [6, 6.07) is 18.1. The normalized spacial score (nSPS) is 18.4. The van der Waals surface area contributed by atoms with Crippen LogP contribution in [0.2, 0.25) is 0 Å². The molecule has 0 aliphatic carbocycles. The molecule has 0 aromatic heterocycles. The van der Waals surface area contributed by atoms with Crippen molar-refractivity contribution in [2.75, 3.05) is 21.3 Å². The van der Waals surface area contributed by atoms with Gasteiger partial charge in [-0.25, -0.2) is 4.79 Å². The molecule has 6 heteroatoms. The topological polar surface area (TPSA) is 55.8 Å². The van der Waals surface area contributed by atoms with Gasteiger partial charge in [-0.05, 0) is 11.1 Å². The van der Waals surface area contributed by atoms with Crippen molar-refractivity contribution in [1.82, 2.24) is 4.90 Å². The first-order valence-electron chi connectivity index (χ1n) is 8.40. The molecule has 0 amide bonds. The molecule has 3 rings (SSSR count). The Kier molecular flexibility index (Phi) is 4.99. The number of halogens is 1. The summed E-state index contributed by atoms with van der Waals surface area (Å²) in [6.45, 7) is 0. The Morgan fingerprint density at radius 1 is 0.926 bits per heavy atom. The van der Waals surface area contributed by atoms with E-state index in [2.05, 4.69) is 0 Å². The fourth-order valence-electron chi connectivity index (χ4n) is 3.85. The van der Waals surface area contributed by atoms with E-state index in [1.54, 1.807) is 48.5 Å². The summed E-state index contributed by atoms with van der Waals surface area (Å²) in [4.78, 5) is 26.5. The molecule has 1 aliphatic rings. The molecule has 5 nitrogen and oxygen atoms in total. The number of esters is 2. The van der Waals surface area contributed by atoms with Gasteiger partial charge in [0.1, 0.15) is 17.0 Å². The van der Waals surface area contributed by atoms with E-state index in [9.17, 15) is 9.59 Å². The average Bonchev–Trinajstić information content (AvgIpc) is 2.96. The summed E-state index contributed by atoms with van der Waals surface area (Å²) in [5, 5.41) is 0. The second kappa shape index (κ2) is 7.23. The van der Waals surface area contributed by atoms with E-state index in [-0.39, 0.29) is 5.57 Å². The monoisotopic (exact) mass is 369 g/mol. The molecule has 27 heavy (non-hydrogen) atoms. The van der Waals surface area contributed by atoms with Crippen LogP contribution in [0.4, 0.5) is 4.39 Å². The van der Waals surface area contributed by atoms with Gasteiger partial charge in [0.15, 0.2) is 0 Å². The molecule has 0 bridgehead atoms. The Hall–Kier alpha value is -3.15. The van der Waals surface area contributed by atoms with Gasteiger partial charge in [-0.3, -0.25) is 4.79 Å². The van der Waals surface area contributed by atoms with Crippen LogP contribution in [0.5, 0.6) is 0 Å². The molecule has 2 aromatic carbocycles. The van der Waals surface area contributed by atoms with Crippen LogP contribution in [0.25, 0.3) is 0 Å². The number of carbonyl (C=O) groups excluding carboxylic acids is 2. The third-order valence-corrected chi connectivity index (χ3v) is 5.02. The van der Waals surface area contributed by atoms with Gasteiger partial charge in [0, 0.05) is 7.05 Å². The van der Waals surface area contributed by atoms with Crippen molar-refractivity contribution >= 4 is 11.9 Å². The molecule has 1 unspecified atom stereocenters. The number of hydrogen-bond donors (Lipinski definition) is 0. The van der Waals surface area contributed by atoms with Crippen LogP contribution in [0.1, 0.15) is 11.1 Å². The number of ether oxygens (including phenoxy) is 2. The molecule has 0 spiro atoms. The van der Waals surface area contributed by atoms with Crippen LogP contribution in [-0.2, 0) is 24.6 Å². The number of hydrogen-bond acceptors (Lipinski definition) is 5. The van der Waals surface area contributed by atoms with Crippen LogP contribution in [0, 0.1) is 5.92 Å². The highest BCUT2D eigenvalue weighted by Gasteiger charge is 2.60. The van der Waals surface area contributed by atoms with Crippen LogP contribution >= 0.6 is 0 Å². The number of methoxy groups -OCH3 is 2. The Labute approximate surface area is 157 Å². The summed E-state index contributed by atoms with van der Waals surface area (Å²) >= 11 is 0. The zero-order valence-corrected chi connectivity index (χ0v) is 15.3. The first kappa shape index (κ1) is 18.6. The maximum atomic E-state index is 15.3. The van der Waals surface area contributed by atoms with E-state index in [0.717, 1.165) is 7.11 Å². The molecule has 140 valence electrons. The van der Waals surface area contributed by atoms with Crippen molar-refractivity contribution in [1.29, 1.82) is 0 Å². The smallest absolute Gasteiger partial charge is 0.339 e. The Morgan fingerprint density at radius 3 is 1.81 bits per heavy atom. The van der Waals surface area contributed by atoms with Crippen molar-refractivity contribution in [3.8, 4) is 0 Å². The van der Waals surface area contributed by atoms with Gasteiger partial charge in [0.2, 0.25) is 5.95 Å². The first-order valence-corrected chi connectivity index (χ1v) is 8.40. The highest BCUT2D eigenvalue weighted by molar-refractivity contribution is 5.98.